The molecule has 0 aromatic carbocycles. The van der Waals surface area contributed by atoms with Gasteiger partial charge in [-0.3, -0.25) is 0 Å². The fourth-order valence-electron chi connectivity index (χ4n) is 2.53. The van der Waals surface area contributed by atoms with E-state index in [1.54, 1.807) is 0 Å². The predicted octanol–water partition coefficient (Wildman–Crippen LogP) is 2.61. The Balaban J connectivity index is 2.85. The Hall–Kier alpha value is -0.300. The molecule has 0 radical (unpaired) electrons. The molecule has 0 saturated heterocycles. The van der Waals surface area contributed by atoms with Crippen LogP contribution in [0.3, 0.4) is 0 Å². The number of hydrogen-bond donors (Lipinski definition) is 1. The Morgan fingerprint density at radius 1 is 1.58 bits per heavy atom. The maximum absolute atomic E-state index is 9.16. The van der Waals surface area contributed by atoms with E-state index in [9.17, 15) is 0 Å². The van der Waals surface area contributed by atoms with Gasteiger partial charge in [-0.25, -0.2) is 0 Å². The van der Waals surface area contributed by atoms with Gasteiger partial charge < -0.3 is 5.11 Å². The van der Waals surface area contributed by atoms with Gasteiger partial charge >= 0.3 is 0 Å². The van der Waals surface area contributed by atoms with Gasteiger partial charge in [0, 0.05) is 12.5 Å². The first-order valence-corrected chi connectivity index (χ1v) is 4.76. The molecule has 0 saturated carbocycles. The SMILES string of the molecule is CC1=CC(C)(C)CC(C)C1CO. The van der Waals surface area contributed by atoms with E-state index in [1.165, 1.54) is 12.0 Å². The molecule has 1 aliphatic rings. The maximum atomic E-state index is 9.16. The van der Waals surface area contributed by atoms with Gasteiger partial charge in [0.25, 0.3) is 0 Å². The minimum Gasteiger partial charge on any atom is -0.396 e. The monoisotopic (exact) mass is 168 g/mol. The first-order chi connectivity index (χ1) is 5.46. The first kappa shape index (κ1) is 9.79. The second kappa shape index (κ2) is 3.21. The van der Waals surface area contributed by atoms with E-state index in [4.69, 9.17) is 5.11 Å². The Morgan fingerprint density at radius 3 is 2.58 bits per heavy atom. The number of aliphatic hydroxyl groups is 1. The minimum absolute atomic E-state index is 0.305. The third-order valence-corrected chi connectivity index (χ3v) is 2.93. The van der Waals surface area contributed by atoms with E-state index in [2.05, 4.69) is 33.8 Å². The normalized spacial score (nSPS) is 34.6. The highest BCUT2D eigenvalue weighted by Crippen LogP contribution is 2.39. The van der Waals surface area contributed by atoms with Gasteiger partial charge in [0.2, 0.25) is 0 Å². The number of rotatable bonds is 1. The van der Waals surface area contributed by atoms with Gasteiger partial charge in [0.05, 0.1) is 0 Å². The van der Waals surface area contributed by atoms with Crippen LogP contribution in [0.4, 0.5) is 0 Å². The summed E-state index contributed by atoms with van der Waals surface area (Å²) in [5.41, 5.74) is 1.69. The summed E-state index contributed by atoms with van der Waals surface area (Å²) < 4.78 is 0. The van der Waals surface area contributed by atoms with E-state index in [0.29, 0.717) is 23.9 Å². The van der Waals surface area contributed by atoms with Crippen molar-refractivity contribution < 1.29 is 5.11 Å². The Labute approximate surface area is 75.5 Å². The molecule has 1 heteroatoms. The van der Waals surface area contributed by atoms with E-state index < -0.39 is 0 Å². The second-order valence-electron chi connectivity index (χ2n) is 4.85. The smallest absolute Gasteiger partial charge is 0.0498 e. The molecule has 2 unspecified atom stereocenters. The summed E-state index contributed by atoms with van der Waals surface area (Å²) in [5.74, 6) is 1.02. The van der Waals surface area contributed by atoms with Gasteiger partial charge in [-0.2, -0.15) is 0 Å². The van der Waals surface area contributed by atoms with Crippen molar-refractivity contribution in [3.63, 3.8) is 0 Å². The number of allylic oxidation sites excluding steroid dienone is 1. The van der Waals surface area contributed by atoms with Crippen LogP contribution in [0.15, 0.2) is 11.6 Å². The molecule has 1 N–H and O–H groups in total. The molecular weight excluding hydrogens is 148 g/mol. The molecule has 0 bridgehead atoms. The Kier molecular flexibility index (Phi) is 2.62. The van der Waals surface area contributed by atoms with Crippen molar-refractivity contribution in [2.75, 3.05) is 6.61 Å². The molecule has 0 aromatic rings. The summed E-state index contributed by atoms with van der Waals surface area (Å²) >= 11 is 0. The summed E-state index contributed by atoms with van der Waals surface area (Å²) in [6.07, 6.45) is 3.50. The summed E-state index contributed by atoms with van der Waals surface area (Å²) in [6, 6.07) is 0. The first-order valence-electron chi connectivity index (χ1n) is 4.76. The molecule has 2 atom stereocenters. The van der Waals surface area contributed by atoms with Crippen LogP contribution in [0.5, 0.6) is 0 Å². The largest absolute Gasteiger partial charge is 0.396 e. The summed E-state index contributed by atoms with van der Waals surface area (Å²) in [7, 11) is 0. The van der Waals surface area contributed by atoms with Crippen LogP contribution in [-0.2, 0) is 0 Å². The van der Waals surface area contributed by atoms with Crippen molar-refractivity contribution in [3.05, 3.63) is 11.6 Å². The Morgan fingerprint density at radius 2 is 2.17 bits per heavy atom. The van der Waals surface area contributed by atoms with Crippen molar-refractivity contribution in [1.29, 1.82) is 0 Å². The molecular formula is C11H20O. The highest BCUT2D eigenvalue weighted by atomic mass is 16.3. The maximum Gasteiger partial charge on any atom is 0.0498 e. The second-order valence-corrected chi connectivity index (χ2v) is 4.85. The molecule has 0 fully saturated rings. The summed E-state index contributed by atoms with van der Waals surface area (Å²) in [5, 5.41) is 9.16. The standard InChI is InChI=1S/C11H20O/c1-8-5-11(3,4)6-9(2)10(8)7-12/h5,9-10,12H,6-7H2,1-4H3. The lowest BCUT2D eigenvalue weighted by Crippen LogP contribution is -2.28. The van der Waals surface area contributed by atoms with Crippen molar-refractivity contribution in [1.82, 2.24) is 0 Å². The quantitative estimate of drug-likeness (QED) is 0.597. The van der Waals surface area contributed by atoms with Crippen molar-refractivity contribution >= 4 is 0 Å². The third kappa shape index (κ3) is 1.89. The van der Waals surface area contributed by atoms with Crippen molar-refractivity contribution in [2.45, 2.75) is 34.1 Å². The van der Waals surface area contributed by atoms with Crippen LogP contribution >= 0.6 is 0 Å². The molecule has 0 aromatic heterocycles. The number of hydrogen-bond acceptors (Lipinski definition) is 1. The van der Waals surface area contributed by atoms with Crippen LogP contribution in [0, 0.1) is 17.3 Å². The number of aliphatic hydroxyl groups excluding tert-OH is 1. The lowest BCUT2D eigenvalue weighted by atomic mass is 9.70. The van der Waals surface area contributed by atoms with Crippen LogP contribution in [0.25, 0.3) is 0 Å². The van der Waals surface area contributed by atoms with E-state index in [-0.39, 0.29) is 0 Å². The Bertz CT molecular complexity index is 191. The van der Waals surface area contributed by atoms with Gasteiger partial charge in [0.15, 0.2) is 0 Å². The fourth-order valence-corrected chi connectivity index (χ4v) is 2.53. The van der Waals surface area contributed by atoms with Gasteiger partial charge in [0.1, 0.15) is 0 Å². The van der Waals surface area contributed by atoms with Gasteiger partial charge in [-0.1, -0.05) is 32.4 Å². The zero-order chi connectivity index (χ0) is 9.35. The molecule has 1 nitrogen and oxygen atoms in total. The molecule has 0 heterocycles. The molecule has 70 valence electrons. The lowest BCUT2D eigenvalue weighted by Gasteiger charge is -2.36. The van der Waals surface area contributed by atoms with Gasteiger partial charge in [-0.05, 0) is 24.7 Å². The van der Waals surface area contributed by atoms with E-state index >= 15 is 0 Å². The average Bonchev–Trinajstić information content (AvgIpc) is 1.82. The molecule has 0 amide bonds. The third-order valence-electron chi connectivity index (χ3n) is 2.93. The van der Waals surface area contributed by atoms with Crippen LogP contribution in [-0.4, -0.2) is 11.7 Å². The zero-order valence-electron chi connectivity index (χ0n) is 8.59. The topological polar surface area (TPSA) is 20.2 Å². The molecule has 1 aliphatic carbocycles. The van der Waals surface area contributed by atoms with E-state index in [0.717, 1.165) is 0 Å². The molecule has 0 spiro atoms. The highest BCUT2D eigenvalue weighted by Gasteiger charge is 2.30. The van der Waals surface area contributed by atoms with E-state index in [1.807, 2.05) is 0 Å². The molecule has 1 rings (SSSR count). The van der Waals surface area contributed by atoms with Crippen molar-refractivity contribution in [2.24, 2.45) is 17.3 Å². The van der Waals surface area contributed by atoms with Crippen molar-refractivity contribution in [3.8, 4) is 0 Å². The molecule has 12 heavy (non-hydrogen) atoms. The average molecular weight is 168 g/mol. The highest BCUT2D eigenvalue weighted by molar-refractivity contribution is 5.14. The lowest BCUT2D eigenvalue weighted by molar-refractivity contribution is 0.166. The van der Waals surface area contributed by atoms with Crippen LogP contribution in [0.2, 0.25) is 0 Å². The minimum atomic E-state index is 0.305. The molecule has 0 aliphatic heterocycles. The van der Waals surface area contributed by atoms with Crippen LogP contribution in [0.1, 0.15) is 34.1 Å². The van der Waals surface area contributed by atoms with Crippen LogP contribution < -0.4 is 0 Å². The summed E-state index contributed by atoms with van der Waals surface area (Å²) in [6.45, 7) is 9.21. The predicted molar refractivity (Wildman–Crippen MR) is 51.9 cm³/mol. The summed E-state index contributed by atoms with van der Waals surface area (Å²) in [4.78, 5) is 0. The van der Waals surface area contributed by atoms with Gasteiger partial charge in [-0.15, -0.1) is 0 Å². The fraction of sp³-hybridized carbons (Fsp3) is 0.818. The zero-order valence-corrected chi connectivity index (χ0v) is 8.59.